The van der Waals surface area contributed by atoms with Crippen molar-refractivity contribution in [2.45, 2.75) is 26.2 Å². The number of rotatable bonds is 3. The third-order valence-electron chi connectivity index (χ3n) is 5.51. The van der Waals surface area contributed by atoms with Crippen LogP contribution in [-0.4, -0.2) is 18.1 Å². The molecule has 0 bridgehead atoms. The second kappa shape index (κ2) is 7.92. The van der Waals surface area contributed by atoms with Crippen LogP contribution in [0.15, 0.2) is 60.8 Å². The van der Waals surface area contributed by atoms with Crippen LogP contribution in [0.4, 0.5) is 5.82 Å². The monoisotopic (exact) mass is 384 g/mol. The number of ether oxygens (including phenoxy) is 1. The molecule has 0 spiro atoms. The van der Waals surface area contributed by atoms with Crippen molar-refractivity contribution in [3.05, 3.63) is 94.2 Å². The van der Waals surface area contributed by atoms with Crippen molar-refractivity contribution < 1.29 is 9.53 Å². The lowest BCUT2D eigenvalue weighted by Crippen LogP contribution is -2.04. The molecule has 2 aromatic carbocycles. The summed E-state index contributed by atoms with van der Waals surface area (Å²) in [5, 5.41) is 0. The molecule has 146 valence electrons. The first-order valence-electron chi connectivity index (χ1n) is 9.81. The lowest BCUT2D eigenvalue weighted by molar-refractivity contribution is 0.0600. The number of anilines is 1. The first kappa shape index (κ1) is 18.9. The van der Waals surface area contributed by atoms with Gasteiger partial charge in [-0.3, -0.25) is 0 Å². The number of aryl methyl sites for hydroxylation is 2. The Bertz CT molecular complexity index is 1120. The predicted molar refractivity (Wildman–Crippen MR) is 116 cm³/mol. The summed E-state index contributed by atoms with van der Waals surface area (Å²) in [5.74, 6) is 0.186. The van der Waals surface area contributed by atoms with Gasteiger partial charge in [-0.15, -0.1) is 0 Å². The molecule has 4 rings (SSSR count). The molecule has 0 radical (unpaired) electrons. The van der Waals surface area contributed by atoms with Crippen molar-refractivity contribution in [3.63, 3.8) is 0 Å². The zero-order valence-electron chi connectivity index (χ0n) is 16.7. The number of esters is 1. The van der Waals surface area contributed by atoms with E-state index < -0.39 is 0 Å². The van der Waals surface area contributed by atoms with Crippen molar-refractivity contribution in [1.82, 2.24) is 4.98 Å². The number of allylic oxidation sites excluding steroid dienone is 1. The predicted octanol–water partition coefficient (Wildman–Crippen LogP) is 5.05. The fourth-order valence-corrected chi connectivity index (χ4v) is 4.15. The first-order valence-corrected chi connectivity index (χ1v) is 9.81. The molecule has 1 heterocycles. The van der Waals surface area contributed by atoms with Crippen molar-refractivity contribution in [3.8, 4) is 0 Å². The highest BCUT2D eigenvalue weighted by Gasteiger charge is 2.22. The molecule has 0 aliphatic heterocycles. The Labute approximate surface area is 171 Å². The highest BCUT2D eigenvalue weighted by molar-refractivity contribution is 6.01. The third-order valence-corrected chi connectivity index (χ3v) is 5.51. The Hall–Kier alpha value is -3.40. The number of pyridine rings is 1. The average Bonchev–Trinajstić information content (AvgIpc) is 2.92. The van der Waals surface area contributed by atoms with E-state index in [-0.39, 0.29) is 5.97 Å². The summed E-state index contributed by atoms with van der Waals surface area (Å²) in [6.45, 7) is 2.15. The number of methoxy groups -OCH3 is 1. The van der Waals surface area contributed by atoms with Crippen LogP contribution < -0.4 is 5.73 Å². The molecule has 0 saturated carbocycles. The van der Waals surface area contributed by atoms with Crippen LogP contribution in [0.25, 0.3) is 11.1 Å². The molecule has 1 aromatic heterocycles. The fourth-order valence-electron chi connectivity index (χ4n) is 4.15. The molecule has 3 aromatic rings. The Morgan fingerprint density at radius 3 is 2.62 bits per heavy atom. The third kappa shape index (κ3) is 3.66. The molecule has 1 aliphatic carbocycles. The van der Waals surface area contributed by atoms with Gasteiger partial charge in [-0.05, 0) is 89.4 Å². The van der Waals surface area contributed by atoms with E-state index >= 15 is 0 Å². The number of carbonyl (C=O) groups is 1. The van der Waals surface area contributed by atoms with Crippen LogP contribution in [0.3, 0.4) is 0 Å². The topological polar surface area (TPSA) is 65.2 Å². The molecule has 0 saturated heterocycles. The summed E-state index contributed by atoms with van der Waals surface area (Å²) in [7, 11) is 1.41. The van der Waals surface area contributed by atoms with Gasteiger partial charge in [0.1, 0.15) is 5.82 Å². The summed E-state index contributed by atoms with van der Waals surface area (Å²) in [6.07, 6.45) is 4.61. The van der Waals surface area contributed by atoms with Gasteiger partial charge in [-0.2, -0.15) is 0 Å². The number of carbonyl (C=O) groups excluding carboxylic acids is 1. The molecule has 1 aliphatic rings. The fraction of sp³-hybridized carbons (Fsp3) is 0.200. The van der Waals surface area contributed by atoms with E-state index in [2.05, 4.69) is 36.2 Å². The standard InChI is InChI=1S/C25H24N2O2/c1-16-6-3-4-8-20(16)22-9-5-7-17-14-19(25(28)29-2)10-11-21(17)24(22)18-12-13-27-23(26)15-18/h3-4,6,8,10-15H,5,7,9H2,1-2H3,(H2,26,27). The maximum atomic E-state index is 12.1. The number of aromatic nitrogens is 1. The van der Waals surface area contributed by atoms with Gasteiger partial charge in [0.2, 0.25) is 0 Å². The SMILES string of the molecule is COC(=O)c1ccc2c(c1)CCCC(c1ccccc1C)=C2c1ccnc(N)c1. The Morgan fingerprint density at radius 2 is 1.86 bits per heavy atom. The minimum Gasteiger partial charge on any atom is -0.465 e. The number of nitrogen functional groups attached to an aromatic ring is 1. The lowest BCUT2D eigenvalue weighted by Gasteiger charge is -2.18. The average molecular weight is 384 g/mol. The molecule has 0 amide bonds. The van der Waals surface area contributed by atoms with Gasteiger partial charge < -0.3 is 10.5 Å². The maximum Gasteiger partial charge on any atom is 0.337 e. The maximum absolute atomic E-state index is 12.1. The van der Waals surface area contributed by atoms with Gasteiger partial charge in [-0.25, -0.2) is 9.78 Å². The zero-order chi connectivity index (χ0) is 20.4. The van der Waals surface area contributed by atoms with Crippen LogP contribution in [0.2, 0.25) is 0 Å². The van der Waals surface area contributed by atoms with Gasteiger partial charge in [0.25, 0.3) is 0 Å². The molecule has 4 nitrogen and oxygen atoms in total. The number of hydrogen-bond acceptors (Lipinski definition) is 4. The smallest absolute Gasteiger partial charge is 0.337 e. The minimum atomic E-state index is -0.310. The molecular formula is C25H24N2O2. The second-order valence-electron chi connectivity index (χ2n) is 7.35. The van der Waals surface area contributed by atoms with E-state index in [0.29, 0.717) is 11.4 Å². The molecule has 0 atom stereocenters. The van der Waals surface area contributed by atoms with Crippen LogP contribution >= 0.6 is 0 Å². The number of fused-ring (bicyclic) bond motifs is 1. The summed E-state index contributed by atoms with van der Waals surface area (Å²) < 4.78 is 4.92. The zero-order valence-corrected chi connectivity index (χ0v) is 16.7. The van der Waals surface area contributed by atoms with E-state index in [1.54, 1.807) is 6.20 Å². The van der Waals surface area contributed by atoms with E-state index in [9.17, 15) is 4.79 Å². The molecule has 29 heavy (non-hydrogen) atoms. The highest BCUT2D eigenvalue weighted by Crippen LogP contribution is 2.41. The van der Waals surface area contributed by atoms with Gasteiger partial charge in [0.15, 0.2) is 0 Å². The van der Waals surface area contributed by atoms with Crippen molar-refractivity contribution in [2.75, 3.05) is 12.8 Å². The van der Waals surface area contributed by atoms with Gasteiger partial charge in [-0.1, -0.05) is 30.3 Å². The summed E-state index contributed by atoms with van der Waals surface area (Å²) in [6, 6.07) is 18.3. The first-order chi connectivity index (χ1) is 14.1. The minimum absolute atomic E-state index is 0.310. The van der Waals surface area contributed by atoms with E-state index in [4.69, 9.17) is 10.5 Å². The quantitative estimate of drug-likeness (QED) is 0.642. The Morgan fingerprint density at radius 1 is 1.03 bits per heavy atom. The second-order valence-corrected chi connectivity index (χ2v) is 7.35. The molecule has 0 fully saturated rings. The highest BCUT2D eigenvalue weighted by atomic mass is 16.5. The Balaban J connectivity index is 2.01. The van der Waals surface area contributed by atoms with Crippen molar-refractivity contribution in [2.24, 2.45) is 0 Å². The van der Waals surface area contributed by atoms with Crippen LogP contribution in [0.5, 0.6) is 0 Å². The number of benzene rings is 2. The van der Waals surface area contributed by atoms with Gasteiger partial charge in [0, 0.05) is 6.20 Å². The van der Waals surface area contributed by atoms with E-state index in [1.165, 1.54) is 23.8 Å². The molecular weight excluding hydrogens is 360 g/mol. The van der Waals surface area contributed by atoms with Gasteiger partial charge >= 0.3 is 5.97 Å². The molecule has 0 unspecified atom stereocenters. The van der Waals surface area contributed by atoms with Gasteiger partial charge in [0.05, 0.1) is 12.7 Å². The van der Waals surface area contributed by atoms with E-state index in [0.717, 1.165) is 41.5 Å². The summed E-state index contributed by atoms with van der Waals surface area (Å²) in [5.41, 5.74) is 14.9. The van der Waals surface area contributed by atoms with E-state index in [1.807, 2.05) is 30.3 Å². The number of nitrogens with zero attached hydrogens (tertiary/aromatic N) is 1. The van der Waals surface area contributed by atoms with Crippen LogP contribution in [0.1, 0.15) is 51.0 Å². The molecule has 4 heteroatoms. The lowest BCUT2D eigenvalue weighted by atomic mass is 9.86. The summed E-state index contributed by atoms with van der Waals surface area (Å²) >= 11 is 0. The van der Waals surface area contributed by atoms with Crippen molar-refractivity contribution in [1.29, 1.82) is 0 Å². The van der Waals surface area contributed by atoms with Crippen molar-refractivity contribution >= 4 is 22.9 Å². The summed E-state index contributed by atoms with van der Waals surface area (Å²) in [4.78, 5) is 16.2. The number of hydrogen-bond donors (Lipinski definition) is 1. The Kier molecular flexibility index (Phi) is 5.17. The molecule has 2 N–H and O–H groups in total. The normalized spacial score (nSPS) is 13.6. The van der Waals surface area contributed by atoms with Crippen LogP contribution in [0, 0.1) is 6.92 Å². The largest absolute Gasteiger partial charge is 0.465 e. The number of nitrogens with two attached hydrogens (primary N) is 1. The van der Waals surface area contributed by atoms with Crippen LogP contribution in [-0.2, 0) is 11.2 Å².